The molecular formula is C22H21F3N2O6S. The largest absolute Gasteiger partial charge is 0.463 e. The quantitative estimate of drug-likeness (QED) is 0.482. The summed E-state index contributed by atoms with van der Waals surface area (Å²) in [5.41, 5.74) is -4.20. The predicted molar refractivity (Wildman–Crippen MR) is 114 cm³/mol. The summed E-state index contributed by atoms with van der Waals surface area (Å²) in [5, 5.41) is 17.0. The first-order valence-electron chi connectivity index (χ1n) is 10.1. The molecule has 12 heteroatoms. The number of halogens is 3. The van der Waals surface area contributed by atoms with Crippen molar-refractivity contribution in [1.29, 1.82) is 0 Å². The lowest BCUT2D eigenvalue weighted by Gasteiger charge is -2.31. The minimum atomic E-state index is -5.17. The maximum absolute atomic E-state index is 13.7. The zero-order chi connectivity index (χ0) is 24.9. The Hall–Kier alpha value is -3.38. The van der Waals surface area contributed by atoms with Crippen LogP contribution in [0.5, 0.6) is 0 Å². The fourth-order valence-electron chi connectivity index (χ4n) is 3.34. The second kappa shape index (κ2) is 10.3. The third-order valence-electron chi connectivity index (χ3n) is 4.97. The van der Waals surface area contributed by atoms with Crippen LogP contribution in [0.1, 0.15) is 29.8 Å². The van der Waals surface area contributed by atoms with Crippen LogP contribution in [0.4, 0.5) is 18.0 Å². The standard InChI is InChI=1S/C22H21F3N2O6S/c1-2-32-19(29)17-14(26-20(30)27-18(17)15-9-6-10-34-15)12-33-16(28)11-21(31,22(23,24)25)13-7-4-3-5-8-13/h3-10,18,31H,2,11-12H2,1H3,(H2,26,27,30). The summed E-state index contributed by atoms with van der Waals surface area (Å²) >= 11 is 1.26. The third-order valence-corrected chi connectivity index (χ3v) is 5.91. The number of nitrogens with one attached hydrogen (secondary N) is 2. The van der Waals surface area contributed by atoms with Gasteiger partial charge in [0, 0.05) is 4.88 Å². The van der Waals surface area contributed by atoms with Crippen molar-refractivity contribution in [2.75, 3.05) is 13.2 Å². The van der Waals surface area contributed by atoms with Crippen molar-refractivity contribution < 1.29 is 42.1 Å². The molecule has 2 unspecified atom stereocenters. The Balaban J connectivity index is 1.85. The van der Waals surface area contributed by atoms with Gasteiger partial charge in [0.1, 0.15) is 6.61 Å². The smallest absolute Gasteiger partial charge is 0.422 e. The van der Waals surface area contributed by atoms with E-state index in [0.717, 1.165) is 12.1 Å². The number of aliphatic hydroxyl groups is 1. The van der Waals surface area contributed by atoms with Crippen LogP contribution < -0.4 is 10.6 Å². The Morgan fingerprint density at radius 1 is 1.12 bits per heavy atom. The number of carbonyl (C=O) groups is 3. The molecule has 2 heterocycles. The van der Waals surface area contributed by atoms with Crippen molar-refractivity contribution in [1.82, 2.24) is 10.6 Å². The predicted octanol–water partition coefficient (Wildman–Crippen LogP) is 3.30. The number of benzene rings is 1. The molecule has 1 aliphatic heterocycles. The van der Waals surface area contributed by atoms with Gasteiger partial charge in [-0.2, -0.15) is 13.2 Å². The van der Waals surface area contributed by atoms with Crippen LogP contribution >= 0.6 is 11.3 Å². The van der Waals surface area contributed by atoms with Gasteiger partial charge in [0.25, 0.3) is 0 Å². The van der Waals surface area contributed by atoms with E-state index in [1.807, 2.05) is 0 Å². The minimum absolute atomic E-state index is 0.0240. The highest BCUT2D eigenvalue weighted by Gasteiger charge is 2.56. The SMILES string of the molecule is CCOC(=O)C1=C(COC(=O)CC(O)(c2ccccc2)C(F)(F)F)NC(=O)NC1c1cccs1. The number of alkyl halides is 3. The molecule has 0 aliphatic carbocycles. The van der Waals surface area contributed by atoms with Crippen molar-refractivity contribution in [2.24, 2.45) is 0 Å². The maximum atomic E-state index is 13.7. The number of thiophene rings is 1. The summed E-state index contributed by atoms with van der Waals surface area (Å²) in [6.45, 7) is 0.885. The van der Waals surface area contributed by atoms with Crippen LogP contribution in [-0.2, 0) is 24.7 Å². The number of carbonyl (C=O) groups excluding carboxylic acids is 3. The summed E-state index contributed by atoms with van der Waals surface area (Å²) < 4.78 is 51.0. The number of urea groups is 1. The molecule has 182 valence electrons. The van der Waals surface area contributed by atoms with Gasteiger partial charge in [-0.15, -0.1) is 11.3 Å². The van der Waals surface area contributed by atoms with Gasteiger partial charge in [0.05, 0.1) is 30.3 Å². The number of rotatable bonds is 8. The number of hydrogen-bond acceptors (Lipinski definition) is 7. The zero-order valence-corrected chi connectivity index (χ0v) is 18.7. The van der Waals surface area contributed by atoms with Gasteiger partial charge in [0.2, 0.25) is 0 Å². The average Bonchev–Trinajstić information content (AvgIpc) is 3.32. The van der Waals surface area contributed by atoms with Crippen LogP contribution in [0.2, 0.25) is 0 Å². The van der Waals surface area contributed by atoms with Crippen molar-refractivity contribution in [3.63, 3.8) is 0 Å². The van der Waals surface area contributed by atoms with Crippen LogP contribution in [0.25, 0.3) is 0 Å². The molecule has 0 bridgehead atoms. The van der Waals surface area contributed by atoms with Gasteiger partial charge in [0.15, 0.2) is 5.60 Å². The molecule has 1 aliphatic rings. The summed E-state index contributed by atoms with van der Waals surface area (Å²) in [6, 6.07) is 7.91. The van der Waals surface area contributed by atoms with E-state index in [0.29, 0.717) is 4.88 Å². The van der Waals surface area contributed by atoms with E-state index < -0.39 is 54.4 Å². The van der Waals surface area contributed by atoms with Crippen molar-refractivity contribution >= 4 is 29.3 Å². The molecule has 0 spiro atoms. The second-order valence-electron chi connectivity index (χ2n) is 7.22. The van der Waals surface area contributed by atoms with E-state index in [4.69, 9.17) is 9.47 Å². The number of hydrogen-bond donors (Lipinski definition) is 3. The van der Waals surface area contributed by atoms with Gasteiger partial charge < -0.3 is 25.2 Å². The van der Waals surface area contributed by atoms with Crippen molar-refractivity contribution in [3.8, 4) is 0 Å². The molecule has 1 aromatic carbocycles. The van der Waals surface area contributed by atoms with E-state index in [9.17, 15) is 32.7 Å². The summed E-state index contributed by atoms with van der Waals surface area (Å²) in [7, 11) is 0. The van der Waals surface area contributed by atoms with E-state index in [2.05, 4.69) is 10.6 Å². The van der Waals surface area contributed by atoms with Gasteiger partial charge in [-0.1, -0.05) is 36.4 Å². The number of esters is 2. The van der Waals surface area contributed by atoms with Crippen molar-refractivity contribution in [3.05, 3.63) is 69.6 Å². The molecule has 2 amide bonds. The molecule has 1 aromatic heterocycles. The Labute approximate surface area is 196 Å². The lowest BCUT2D eigenvalue weighted by molar-refractivity contribution is -0.269. The highest BCUT2D eigenvalue weighted by atomic mass is 32.1. The molecule has 0 saturated heterocycles. The zero-order valence-electron chi connectivity index (χ0n) is 17.8. The van der Waals surface area contributed by atoms with E-state index in [1.165, 1.54) is 29.5 Å². The van der Waals surface area contributed by atoms with Crippen LogP contribution in [-0.4, -0.2) is 42.5 Å². The maximum Gasteiger partial charge on any atom is 0.422 e. The fraction of sp³-hybridized carbons (Fsp3) is 0.318. The Morgan fingerprint density at radius 2 is 1.82 bits per heavy atom. The number of amides is 2. The normalized spacial score (nSPS) is 17.9. The molecule has 0 radical (unpaired) electrons. The summed E-state index contributed by atoms with van der Waals surface area (Å²) in [5.74, 6) is -2.18. The molecule has 2 aromatic rings. The van der Waals surface area contributed by atoms with Crippen LogP contribution in [0, 0.1) is 0 Å². The highest BCUT2D eigenvalue weighted by molar-refractivity contribution is 7.10. The van der Waals surface area contributed by atoms with Crippen molar-refractivity contribution in [2.45, 2.75) is 31.2 Å². The lowest BCUT2D eigenvalue weighted by atomic mass is 9.90. The lowest BCUT2D eigenvalue weighted by Crippen LogP contribution is -2.47. The van der Waals surface area contributed by atoms with Gasteiger partial charge in [-0.05, 0) is 23.9 Å². The van der Waals surface area contributed by atoms with Crippen LogP contribution in [0.3, 0.4) is 0 Å². The highest BCUT2D eigenvalue weighted by Crippen LogP contribution is 2.41. The van der Waals surface area contributed by atoms with Gasteiger partial charge in [-0.3, -0.25) is 4.79 Å². The monoisotopic (exact) mass is 498 g/mol. The Morgan fingerprint density at radius 3 is 2.41 bits per heavy atom. The molecule has 2 atom stereocenters. The Bertz CT molecular complexity index is 1070. The minimum Gasteiger partial charge on any atom is -0.463 e. The summed E-state index contributed by atoms with van der Waals surface area (Å²) in [4.78, 5) is 37.7. The Kier molecular flexibility index (Phi) is 7.62. The molecule has 3 N–H and O–H groups in total. The first-order chi connectivity index (χ1) is 16.1. The first-order valence-corrected chi connectivity index (χ1v) is 11.0. The summed E-state index contributed by atoms with van der Waals surface area (Å²) in [6.07, 6.45) is -6.60. The van der Waals surface area contributed by atoms with Gasteiger partial charge in [-0.25, -0.2) is 9.59 Å². The van der Waals surface area contributed by atoms with E-state index in [-0.39, 0.29) is 17.9 Å². The van der Waals surface area contributed by atoms with Crippen LogP contribution in [0.15, 0.2) is 59.1 Å². The first kappa shape index (κ1) is 25.2. The topological polar surface area (TPSA) is 114 Å². The fourth-order valence-corrected chi connectivity index (χ4v) is 4.13. The molecule has 34 heavy (non-hydrogen) atoms. The molecule has 8 nitrogen and oxygen atoms in total. The van der Waals surface area contributed by atoms with Gasteiger partial charge >= 0.3 is 24.1 Å². The van der Waals surface area contributed by atoms with E-state index in [1.54, 1.807) is 24.4 Å². The van der Waals surface area contributed by atoms with E-state index >= 15 is 0 Å². The molecule has 3 rings (SSSR count). The average molecular weight is 498 g/mol. The third kappa shape index (κ3) is 5.39. The second-order valence-corrected chi connectivity index (χ2v) is 8.20. The molecular weight excluding hydrogens is 477 g/mol. The molecule has 0 fully saturated rings. The molecule has 0 saturated carbocycles. The number of ether oxygens (including phenoxy) is 2.